The summed E-state index contributed by atoms with van der Waals surface area (Å²) in [5, 5.41) is 0. The van der Waals surface area contributed by atoms with E-state index in [4.69, 9.17) is 4.84 Å². The molecular formula is C11H16N2O3. The molecular weight excluding hydrogens is 208 g/mol. The summed E-state index contributed by atoms with van der Waals surface area (Å²) in [5.74, 6) is -0.210. The molecule has 0 saturated heterocycles. The molecule has 2 N–H and O–H groups in total. The third-order valence-corrected chi connectivity index (χ3v) is 1.88. The first-order chi connectivity index (χ1) is 7.50. The van der Waals surface area contributed by atoms with Gasteiger partial charge in [0.05, 0.1) is 6.61 Å². The SMILES string of the molecule is Cc1cc(=O)c(C(=O)NOCC(C)C)c[nH]1. The Morgan fingerprint density at radius 3 is 2.81 bits per heavy atom. The molecule has 0 saturated carbocycles. The minimum atomic E-state index is -0.526. The summed E-state index contributed by atoms with van der Waals surface area (Å²) in [5.41, 5.74) is 2.68. The Morgan fingerprint density at radius 1 is 1.56 bits per heavy atom. The van der Waals surface area contributed by atoms with Crippen LogP contribution in [0.15, 0.2) is 17.1 Å². The Bertz CT molecular complexity index is 423. The van der Waals surface area contributed by atoms with Crippen LogP contribution in [-0.2, 0) is 4.84 Å². The summed E-state index contributed by atoms with van der Waals surface area (Å²) in [6.07, 6.45) is 1.38. The molecule has 88 valence electrons. The molecule has 0 atom stereocenters. The second-order valence-electron chi connectivity index (χ2n) is 4.03. The molecule has 1 amide bonds. The van der Waals surface area contributed by atoms with Crippen molar-refractivity contribution in [2.75, 3.05) is 6.61 Å². The zero-order valence-electron chi connectivity index (χ0n) is 9.66. The zero-order chi connectivity index (χ0) is 12.1. The highest BCUT2D eigenvalue weighted by Crippen LogP contribution is 1.94. The monoisotopic (exact) mass is 224 g/mol. The predicted molar refractivity (Wildman–Crippen MR) is 60.1 cm³/mol. The maximum absolute atomic E-state index is 11.5. The Hall–Kier alpha value is -1.62. The van der Waals surface area contributed by atoms with Crippen LogP contribution in [0.1, 0.15) is 29.9 Å². The number of rotatable bonds is 4. The number of H-pyrrole nitrogens is 1. The number of aromatic nitrogens is 1. The van der Waals surface area contributed by atoms with Crippen molar-refractivity contribution in [2.24, 2.45) is 5.92 Å². The molecule has 5 heteroatoms. The maximum atomic E-state index is 11.5. The lowest BCUT2D eigenvalue weighted by Gasteiger charge is -2.07. The standard InChI is InChI=1S/C11H16N2O3/c1-7(2)6-16-13-11(15)9-5-12-8(3)4-10(9)14/h4-5,7H,6H2,1-3H3,(H,12,14)(H,13,15). The van der Waals surface area contributed by atoms with Gasteiger partial charge in [0.1, 0.15) is 5.56 Å². The van der Waals surface area contributed by atoms with Gasteiger partial charge in [0.2, 0.25) is 0 Å². The number of amides is 1. The Kier molecular flexibility index (Phi) is 4.25. The Labute approximate surface area is 93.8 Å². The van der Waals surface area contributed by atoms with Crippen molar-refractivity contribution in [3.05, 3.63) is 33.7 Å². The van der Waals surface area contributed by atoms with E-state index in [2.05, 4.69) is 10.5 Å². The number of aryl methyl sites for hydroxylation is 1. The molecule has 5 nitrogen and oxygen atoms in total. The van der Waals surface area contributed by atoms with Crippen molar-refractivity contribution in [1.82, 2.24) is 10.5 Å². The number of carbonyl (C=O) groups excluding carboxylic acids is 1. The minimum absolute atomic E-state index is 0.0503. The lowest BCUT2D eigenvalue weighted by Crippen LogP contribution is -2.30. The zero-order valence-corrected chi connectivity index (χ0v) is 9.66. The van der Waals surface area contributed by atoms with Gasteiger partial charge in [0.15, 0.2) is 5.43 Å². The maximum Gasteiger partial charge on any atom is 0.280 e. The summed E-state index contributed by atoms with van der Waals surface area (Å²) in [6, 6.07) is 1.37. The van der Waals surface area contributed by atoms with Crippen LogP contribution in [0, 0.1) is 12.8 Å². The van der Waals surface area contributed by atoms with Gasteiger partial charge in [0, 0.05) is 18.0 Å². The molecule has 0 aliphatic heterocycles. The van der Waals surface area contributed by atoms with Crippen LogP contribution >= 0.6 is 0 Å². The van der Waals surface area contributed by atoms with Gasteiger partial charge in [-0.25, -0.2) is 5.48 Å². The number of aromatic amines is 1. The van der Waals surface area contributed by atoms with Gasteiger partial charge < -0.3 is 4.98 Å². The smallest absolute Gasteiger partial charge is 0.280 e. The van der Waals surface area contributed by atoms with Crippen molar-refractivity contribution >= 4 is 5.91 Å². The van der Waals surface area contributed by atoms with Crippen LogP contribution in [0.2, 0.25) is 0 Å². The fourth-order valence-corrected chi connectivity index (χ4v) is 1.08. The largest absolute Gasteiger partial charge is 0.364 e. The fourth-order valence-electron chi connectivity index (χ4n) is 1.08. The highest BCUT2D eigenvalue weighted by Gasteiger charge is 2.10. The summed E-state index contributed by atoms with van der Waals surface area (Å²) in [6.45, 7) is 6.09. The van der Waals surface area contributed by atoms with Gasteiger partial charge in [-0.3, -0.25) is 14.4 Å². The van der Waals surface area contributed by atoms with E-state index >= 15 is 0 Å². The molecule has 0 bridgehead atoms. The molecule has 0 fully saturated rings. The molecule has 0 spiro atoms. The van der Waals surface area contributed by atoms with E-state index in [0.717, 1.165) is 0 Å². The van der Waals surface area contributed by atoms with Crippen LogP contribution in [0.25, 0.3) is 0 Å². The van der Waals surface area contributed by atoms with Gasteiger partial charge in [-0.1, -0.05) is 13.8 Å². The number of hydrogen-bond donors (Lipinski definition) is 2. The van der Waals surface area contributed by atoms with Crippen LogP contribution in [-0.4, -0.2) is 17.5 Å². The molecule has 1 heterocycles. The minimum Gasteiger partial charge on any atom is -0.364 e. The van der Waals surface area contributed by atoms with E-state index in [1.807, 2.05) is 13.8 Å². The number of carbonyl (C=O) groups is 1. The second-order valence-corrected chi connectivity index (χ2v) is 4.03. The van der Waals surface area contributed by atoms with E-state index < -0.39 is 5.91 Å². The van der Waals surface area contributed by atoms with Gasteiger partial charge in [-0.2, -0.15) is 0 Å². The Balaban J connectivity index is 2.63. The third-order valence-electron chi connectivity index (χ3n) is 1.88. The number of hydrogen-bond acceptors (Lipinski definition) is 3. The van der Waals surface area contributed by atoms with Crippen LogP contribution in [0.3, 0.4) is 0 Å². The highest BCUT2D eigenvalue weighted by molar-refractivity contribution is 5.92. The molecule has 0 aliphatic rings. The van der Waals surface area contributed by atoms with Gasteiger partial charge >= 0.3 is 0 Å². The Morgan fingerprint density at radius 2 is 2.25 bits per heavy atom. The second kappa shape index (κ2) is 5.46. The molecule has 1 aromatic heterocycles. The molecule has 1 rings (SSSR count). The summed E-state index contributed by atoms with van der Waals surface area (Å²) in [4.78, 5) is 30.7. The van der Waals surface area contributed by atoms with Gasteiger partial charge in [-0.15, -0.1) is 0 Å². The summed E-state index contributed by atoms with van der Waals surface area (Å²) in [7, 11) is 0. The predicted octanol–water partition coefficient (Wildman–Crippen LogP) is 1.00. The van der Waals surface area contributed by atoms with E-state index in [1.54, 1.807) is 6.92 Å². The normalized spacial score (nSPS) is 10.5. The van der Waals surface area contributed by atoms with Crippen LogP contribution in [0.5, 0.6) is 0 Å². The van der Waals surface area contributed by atoms with E-state index in [-0.39, 0.29) is 11.0 Å². The average Bonchev–Trinajstić information content (AvgIpc) is 2.16. The molecule has 1 aromatic rings. The fraction of sp³-hybridized carbons (Fsp3) is 0.455. The van der Waals surface area contributed by atoms with Crippen LogP contribution < -0.4 is 10.9 Å². The van der Waals surface area contributed by atoms with E-state index in [0.29, 0.717) is 18.2 Å². The first-order valence-corrected chi connectivity index (χ1v) is 5.12. The van der Waals surface area contributed by atoms with Crippen molar-refractivity contribution in [3.63, 3.8) is 0 Å². The number of hydroxylamine groups is 1. The van der Waals surface area contributed by atoms with E-state index in [9.17, 15) is 9.59 Å². The molecule has 16 heavy (non-hydrogen) atoms. The molecule has 0 radical (unpaired) electrons. The molecule has 0 unspecified atom stereocenters. The number of pyridine rings is 1. The van der Waals surface area contributed by atoms with Crippen molar-refractivity contribution < 1.29 is 9.63 Å². The van der Waals surface area contributed by atoms with E-state index in [1.165, 1.54) is 12.3 Å². The molecule has 0 aliphatic carbocycles. The van der Waals surface area contributed by atoms with Crippen molar-refractivity contribution in [1.29, 1.82) is 0 Å². The first-order valence-electron chi connectivity index (χ1n) is 5.12. The first kappa shape index (κ1) is 12.4. The quantitative estimate of drug-likeness (QED) is 0.749. The summed E-state index contributed by atoms with van der Waals surface area (Å²) >= 11 is 0. The van der Waals surface area contributed by atoms with Crippen molar-refractivity contribution in [3.8, 4) is 0 Å². The van der Waals surface area contributed by atoms with Crippen molar-refractivity contribution in [2.45, 2.75) is 20.8 Å². The average molecular weight is 224 g/mol. The third kappa shape index (κ3) is 3.51. The van der Waals surface area contributed by atoms with Crippen LogP contribution in [0.4, 0.5) is 0 Å². The highest BCUT2D eigenvalue weighted by atomic mass is 16.6. The lowest BCUT2D eigenvalue weighted by atomic mass is 10.2. The summed E-state index contributed by atoms with van der Waals surface area (Å²) < 4.78 is 0. The van der Waals surface area contributed by atoms with Gasteiger partial charge in [0.25, 0.3) is 5.91 Å². The van der Waals surface area contributed by atoms with Gasteiger partial charge in [-0.05, 0) is 12.8 Å². The molecule has 0 aromatic carbocycles. The topological polar surface area (TPSA) is 71.2 Å². The lowest BCUT2D eigenvalue weighted by molar-refractivity contribution is 0.0207. The number of nitrogens with one attached hydrogen (secondary N) is 2.